The Balaban J connectivity index is 2.95. The van der Waals surface area contributed by atoms with Crippen LogP contribution in [0.4, 0.5) is 5.69 Å². The molecule has 0 saturated heterocycles. The van der Waals surface area contributed by atoms with Crippen LogP contribution in [-0.2, 0) is 9.59 Å². The summed E-state index contributed by atoms with van der Waals surface area (Å²) in [5.74, 6) is -0.0613. The van der Waals surface area contributed by atoms with Gasteiger partial charge in [-0.3, -0.25) is 9.59 Å². The molecule has 0 aliphatic heterocycles. The van der Waals surface area contributed by atoms with E-state index in [0.717, 1.165) is 4.90 Å². The molecular weight excluding hydrogens is 270 g/mol. The van der Waals surface area contributed by atoms with Crippen molar-refractivity contribution in [1.82, 2.24) is 0 Å². The van der Waals surface area contributed by atoms with Gasteiger partial charge in [-0.25, -0.2) is 0 Å². The number of carbonyl (C=O) groups is 2. The average Bonchev–Trinajstić information content (AvgIpc) is 2.29. The van der Waals surface area contributed by atoms with Crippen LogP contribution in [0.1, 0.15) is 41.5 Å². The van der Waals surface area contributed by atoms with Gasteiger partial charge in [0.1, 0.15) is 0 Å². The third kappa shape index (κ3) is 4.67. The third-order valence-corrected chi connectivity index (χ3v) is 4.01. The lowest BCUT2D eigenvalue weighted by Crippen LogP contribution is -2.28. The predicted octanol–water partition coefficient (Wildman–Crippen LogP) is 4.34. The number of nitrogens with one attached hydrogen (secondary N) is 1. The first-order valence-corrected chi connectivity index (χ1v) is 7.46. The fourth-order valence-electron chi connectivity index (χ4n) is 1.22. The molecule has 4 heteroatoms. The molecule has 1 aromatic carbocycles. The topological polar surface area (TPSA) is 46.2 Å². The van der Waals surface area contributed by atoms with E-state index in [1.54, 1.807) is 0 Å². The van der Waals surface area contributed by atoms with Crippen molar-refractivity contribution < 1.29 is 9.59 Å². The van der Waals surface area contributed by atoms with Crippen LogP contribution in [-0.4, -0.2) is 11.0 Å². The highest BCUT2D eigenvalue weighted by Crippen LogP contribution is 2.34. The standard InChI is InChI=1S/C16H23NO2S/c1-15(2,3)13(18)17-11-9-7-8-10-12(11)20-14(19)16(4,5)6/h7-10H,1-6H3,(H,17,18). The second kappa shape index (κ2) is 6.00. The van der Waals surface area contributed by atoms with E-state index < -0.39 is 10.8 Å². The fourth-order valence-corrected chi connectivity index (χ4v) is 2.10. The summed E-state index contributed by atoms with van der Waals surface area (Å²) in [4.78, 5) is 25.0. The van der Waals surface area contributed by atoms with Crippen molar-refractivity contribution >= 4 is 28.5 Å². The first kappa shape index (κ1) is 16.8. The highest BCUT2D eigenvalue weighted by atomic mass is 32.2. The van der Waals surface area contributed by atoms with Crippen molar-refractivity contribution in [2.24, 2.45) is 10.8 Å². The Labute approximate surface area is 125 Å². The highest BCUT2D eigenvalue weighted by molar-refractivity contribution is 8.13. The van der Waals surface area contributed by atoms with Crippen molar-refractivity contribution in [3.05, 3.63) is 24.3 Å². The largest absolute Gasteiger partial charge is 0.325 e. The van der Waals surface area contributed by atoms with Crippen molar-refractivity contribution in [3.8, 4) is 0 Å². The minimum absolute atomic E-state index is 0.0613. The van der Waals surface area contributed by atoms with Gasteiger partial charge in [0, 0.05) is 15.7 Å². The highest BCUT2D eigenvalue weighted by Gasteiger charge is 2.25. The second-order valence-electron chi connectivity index (χ2n) is 6.84. The molecule has 0 aliphatic carbocycles. The number of thioether (sulfide) groups is 1. The number of carbonyl (C=O) groups excluding carboxylic acids is 2. The van der Waals surface area contributed by atoms with E-state index in [-0.39, 0.29) is 11.0 Å². The number of para-hydroxylation sites is 1. The molecular formula is C16H23NO2S. The molecule has 3 nitrogen and oxygen atoms in total. The molecule has 1 aromatic rings. The number of hydrogen-bond donors (Lipinski definition) is 1. The second-order valence-corrected chi connectivity index (χ2v) is 7.85. The molecule has 0 radical (unpaired) electrons. The molecule has 1 rings (SSSR count). The lowest BCUT2D eigenvalue weighted by molar-refractivity contribution is -0.123. The summed E-state index contributed by atoms with van der Waals surface area (Å²) in [6.07, 6.45) is 0. The number of anilines is 1. The summed E-state index contributed by atoms with van der Waals surface area (Å²) < 4.78 is 0. The van der Waals surface area contributed by atoms with Gasteiger partial charge in [-0.2, -0.15) is 0 Å². The monoisotopic (exact) mass is 293 g/mol. The quantitative estimate of drug-likeness (QED) is 0.825. The molecule has 0 aromatic heterocycles. The van der Waals surface area contributed by atoms with E-state index >= 15 is 0 Å². The molecule has 1 amide bonds. The van der Waals surface area contributed by atoms with Gasteiger partial charge in [0.25, 0.3) is 0 Å². The number of amides is 1. The van der Waals surface area contributed by atoms with E-state index in [1.807, 2.05) is 65.8 Å². The lowest BCUT2D eigenvalue weighted by Gasteiger charge is -2.20. The maximum absolute atomic E-state index is 12.1. The van der Waals surface area contributed by atoms with Crippen LogP contribution >= 0.6 is 11.8 Å². The molecule has 0 fully saturated rings. The first-order valence-electron chi connectivity index (χ1n) is 6.64. The minimum Gasteiger partial charge on any atom is -0.325 e. The summed E-state index contributed by atoms with van der Waals surface area (Å²) >= 11 is 1.18. The van der Waals surface area contributed by atoms with Gasteiger partial charge in [0.2, 0.25) is 5.91 Å². The Morgan fingerprint density at radius 2 is 1.50 bits per heavy atom. The van der Waals surface area contributed by atoms with Crippen LogP contribution in [0, 0.1) is 10.8 Å². The summed E-state index contributed by atoms with van der Waals surface area (Å²) in [6.45, 7) is 11.2. The zero-order valence-corrected chi connectivity index (χ0v) is 13.9. The van der Waals surface area contributed by atoms with E-state index in [0.29, 0.717) is 5.69 Å². The molecule has 0 spiro atoms. The van der Waals surface area contributed by atoms with Crippen molar-refractivity contribution in [2.45, 2.75) is 46.4 Å². The number of benzene rings is 1. The van der Waals surface area contributed by atoms with Crippen LogP contribution in [0.5, 0.6) is 0 Å². The van der Waals surface area contributed by atoms with E-state index in [9.17, 15) is 9.59 Å². The van der Waals surface area contributed by atoms with Gasteiger partial charge in [-0.15, -0.1) is 0 Å². The van der Waals surface area contributed by atoms with Crippen molar-refractivity contribution in [3.63, 3.8) is 0 Å². The molecule has 20 heavy (non-hydrogen) atoms. The molecule has 0 saturated carbocycles. The Morgan fingerprint density at radius 1 is 0.950 bits per heavy atom. The first-order chi connectivity index (χ1) is 9.01. The van der Waals surface area contributed by atoms with E-state index in [2.05, 4.69) is 5.32 Å². The van der Waals surface area contributed by atoms with Crippen LogP contribution in [0.3, 0.4) is 0 Å². The van der Waals surface area contributed by atoms with Crippen LogP contribution in [0.25, 0.3) is 0 Å². The van der Waals surface area contributed by atoms with Gasteiger partial charge in [-0.05, 0) is 23.9 Å². The summed E-state index contributed by atoms with van der Waals surface area (Å²) in [5.41, 5.74) is -0.188. The van der Waals surface area contributed by atoms with Crippen molar-refractivity contribution in [1.29, 1.82) is 0 Å². The van der Waals surface area contributed by atoms with Crippen molar-refractivity contribution in [2.75, 3.05) is 5.32 Å². The maximum atomic E-state index is 12.1. The molecule has 0 aliphatic rings. The SMILES string of the molecule is CC(C)(C)C(=O)Nc1ccccc1SC(=O)C(C)(C)C. The molecule has 0 atom stereocenters. The Morgan fingerprint density at radius 3 is 2.00 bits per heavy atom. The van der Waals surface area contributed by atoms with Crippen LogP contribution in [0.15, 0.2) is 29.2 Å². The Hall–Kier alpha value is -1.29. The maximum Gasteiger partial charge on any atom is 0.229 e. The predicted molar refractivity (Wildman–Crippen MR) is 84.8 cm³/mol. The number of rotatable bonds is 2. The zero-order chi connectivity index (χ0) is 15.6. The molecule has 0 heterocycles. The zero-order valence-electron chi connectivity index (χ0n) is 13.0. The lowest BCUT2D eigenvalue weighted by atomic mass is 9.95. The average molecular weight is 293 g/mol. The van der Waals surface area contributed by atoms with Gasteiger partial charge >= 0.3 is 0 Å². The van der Waals surface area contributed by atoms with Crippen LogP contribution < -0.4 is 5.32 Å². The molecule has 0 bridgehead atoms. The minimum atomic E-state index is -0.466. The van der Waals surface area contributed by atoms with E-state index in [4.69, 9.17) is 0 Å². The van der Waals surface area contributed by atoms with Gasteiger partial charge in [0.15, 0.2) is 5.12 Å². The summed E-state index contributed by atoms with van der Waals surface area (Å²) in [6, 6.07) is 7.39. The molecule has 0 unspecified atom stereocenters. The molecule has 1 N–H and O–H groups in total. The Bertz CT molecular complexity index is 463. The van der Waals surface area contributed by atoms with E-state index in [1.165, 1.54) is 11.8 Å². The van der Waals surface area contributed by atoms with Crippen LogP contribution in [0.2, 0.25) is 0 Å². The Kier molecular flexibility index (Phi) is 5.03. The molecule has 110 valence electrons. The normalized spacial score (nSPS) is 12.1. The third-order valence-electron chi connectivity index (χ3n) is 2.63. The number of hydrogen-bond acceptors (Lipinski definition) is 3. The summed E-state index contributed by atoms with van der Waals surface area (Å²) in [7, 11) is 0. The van der Waals surface area contributed by atoms with Gasteiger partial charge < -0.3 is 5.32 Å². The fraction of sp³-hybridized carbons (Fsp3) is 0.500. The van der Waals surface area contributed by atoms with Gasteiger partial charge in [0.05, 0.1) is 5.69 Å². The smallest absolute Gasteiger partial charge is 0.229 e. The summed E-state index contributed by atoms with van der Waals surface area (Å²) in [5, 5.41) is 2.97. The van der Waals surface area contributed by atoms with Gasteiger partial charge in [-0.1, -0.05) is 53.7 Å².